The van der Waals surface area contributed by atoms with Crippen molar-refractivity contribution in [2.24, 2.45) is 0 Å². The lowest BCUT2D eigenvalue weighted by Crippen LogP contribution is -2.45. The fourth-order valence-corrected chi connectivity index (χ4v) is 3.43. The number of carbonyl (C=O) groups is 2. The Balaban J connectivity index is 1.50. The quantitative estimate of drug-likeness (QED) is 0.729. The highest BCUT2D eigenvalue weighted by molar-refractivity contribution is 5.96. The van der Waals surface area contributed by atoms with Gasteiger partial charge in [0, 0.05) is 31.9 Å². The maximum Gasteiger partial charge on any atom is 0.326 e. The van der Waals surface area contributed by atoms with Gasteiger partial charge in [-0.1, -0.05) is 60.7 Å². The largest absolute Gasteiger partial charge is 0.348 e. The van der Waals surface area contributed by atoms with Crippen molar-refractivity contribution in [3.63, 3.8) is 0 Å². The van der Waals surface area contributed by atoms with E-state index in [0.29, 0.717) is 31.0 Å². The number of urea groups is 1. The van der Waals surface area contributed by atoms with Gasteiger partial charge in [0.1, 0.15) is 5.82 Å². The van der Waals surface area contributed by atoms with Gasteiger partial charge in [0.15, 0.2) is 0 Å². The van der Waals surface area contributed by atoms with Gasteiger partial charge >= 0.3 is 6.03 Å². The Kier molecular flexibility index (Phi) is 5.24. The highest BCUT2D eigenvalue weighted by atomic mass is 16.2. The summed E-state index contributed by atoms with van der Waals surface area (Å²) in [6.45, 7) is 1.38. The van der Waals surface area contributed by atoms with Gasteiger partial charge in [-0.2, -0.15) is 0 Å². The Morgan fingerprint density at radius 2 is 1.69 bits per heavy atom. The van der Waals surface area contributed by atoms with Crippen LogP contribution in [0.4, 0.5) is 10.6 Å². The van der Waals surface area contributed by atoms with Crippen LogP contribution in [0.1, 0.15) is 27.0 Å². The summed E-state index contributed by atoms with van der Waals surface area (Å²) in [6, 6.07) is 21.3. The number of carbonyl (C=O) groups excluding carboxylic acids is 2. The number of anilines is 1. The molecule has 0 aliphatic carbocycles. The molecule has 3 aromatic rings. The average Bonchev–Trinajstić information content (AvgIpc) is 2.76. The Morgan fingerprint density at radius 1 is 1.03 bits per heavy atom. The number of pyridine rings is 1. The van der Waals surface area contributed by atoms with Crippen LogP contribution < -0.4 is 10.2 Å². The summed E-state index contributed by atoms with van der Waals surface area (Å²) in [6.07, 6.45) is 1.52. The number of rotatable bonds is 5. The highest BCUT2D eigenvalue weighted by Gasteiger charge is 2.29. The van der Waals surface area contributed by atoms with Crippen LogP contribution in [0, 0.1) is 0 Å². The summed E-state index contributed by atoms with van der Waals surface area (Å²) in [5.74, 6) is 0.414. The molecule has 3 amide bonds. The third-order valence-electron chi connectivity index (χ3n) is 4.95. The van der Waals surface area contributed by atoms with Gasteiger partial charge in [-0.3, -0.25) is 9.69 Å². The normalized spacial score (nSPS) is 13.2. The Morgan fingerprint density at radius 3 is 2.38 bits per heavy atom. The van der Waals surface area contributed by atoms with E-state index in [1.807, 2.05) is 66.7 Å². The molecular weight excluding hydrogens is 364 g/mol. The second kappa shape index (κ2) is 8.14. The molecule has 29 heavy (non-hydrogen) atoms. The summed E-state index contributed by atoms with van der Waals surface area (Å²) in [5, 5.41) is 2.92. The minimum atomic E-state index is -0.182. The zero-order valence-corrected chi connectivity index (χ0v) is 16.2. The van der Waals surface area contributed by atoms with Gasteiger partial charge in [0.2, 0.25) is 0 Å². The molecule has 146 valence electrons. The molecule has 4 rings (SSSR count). The molecule has 0 bridgehead atoms. The molecule has 2 heterocycles. The molecule has 6 heteroatoms. The summed E-state index contributed by atoms with van der Waals surface area (Å²) in [7, 11) is 1.71. The van der Waals surface area contributed by atoms with Crippen molar-refractivity contribution >= 4 is 17.8 Å². The maximum atomic E-state index is 12.7. The van der Waals surface area contributed by atoms with E-state index in [1.54, 1.807) is 11.9 Å². The lowest BCUT2D eigenvalue weighted by atomic mass is 10.1. The van der Waals surface area contributed by atoms with Crippen molar-refractivity contribution in [2.45, 2.75) is 19.6 Å². The molecule has 0 radical (unpaired) electrons. The predicted octanol–water partition coefficient (Wildman–Crippen LogP) is 3.58. The molecule has 1 aliphatic rings. The molecule has 6 nitrogen and oxygen atoms in total. The van der Waals surface area contributed by atoms with Gasteiger partial charge in [-0.25, -0.2) is 9.78 Å². The molecule has 0 spiro atoms. The predicted molar refractivity (Wildman–Crippen MR) is 111 cm³/mol. The first-order chi connectivity index (χ1) is 14.1. The first-order valence-electron chi connectivity index (χ1n) is 9.49. The van der Waals surface area contributed by atoms with Gasteiger partial charge < -0.3 is 10.2 Å². The van der Waals surface area contributed by atoms with Gasteiger partial charge in [-0.05, 0) is 17.2 Å². The summed E-state index contributed by atoms with van der Waals surface area (Å²) in [4.78, 5) is 33.0. The van der Waals surface area contributed by atoms with Crippen LogP contribution in [0.25, 0.3) is 0 Å². The third kappa shape index (κ3) is 4.11. The van der Waals surface area contributed by atoms with E-state index in [9.17, 15) is 9.59 Å². The first-order valence-corrected chi connectivity index (χ1v) is 9.49. The van der Waals surface area contributed by atoms with Crippen molar-refractivity contribution in [3.8, 4) is 0 Å². The van der Waals surface area contributed by atoms with Crippen molar-refractivity contribution in [2.75, 3.05) is 11.9 Å². The van der Waals surface area contributed by atoms with E-state index < -0.39 is 0 Å². The number of fused-ring (bicyclic) bond motifs is 1. The zero-order chi connectivity index (χ0) is 20.2. The van der Waals surface area contributed by atoms with E-state index >= 15 is 0 Å². The van der Waals surface area contributed by atoms with Gasteiger partial charge in [0.25, 0.3) is 5.91 Å². The Bertz CT molecular complexity index is 1020. The maximum absolute atomic E-state index is 12.7. The van der Waals surface area contributed by atoms with E-state index in [-0.39, 0.29) is 11.9 Å². The van der Waals surface area contributed by atoms with Gasteiger partial charge in [-0.15, -0.1) is 0 Å². The monoisotopic (exact) mass is 386 g/mol. The van der Waals surface area contributed by atoms with Crippen LogP contribution in [0.3, 0.4) is 0 Å². The number of nitrogens with zero attached hydrogens (tertiary/aromatic N) is 3. The molecular formula is C23H22N4O2. The third-order valence-corrected chi connectivity index (χ3v) is 4.95. The number of aromatic nitrogens is 1. The summed E-state index contributed by atoms with van der Waals surface area (Å²) in [5.41, 5.74) is 3.44. The lowest BCUT2D eigenvalue weighted by Gasteiger charge is -2.34. The average molecular weight is 386 g/mol. The number of hydrogen-bond donors (Lipinski definition) is 1. The minimum absolute atomic E-state index is 0.102. The van der Waals surface area contributed by atoms with Crippen molar-refractivity contribution in [3.05, 3.63) is 95.2 Å². The van der Waals surface area contributed by atoms with Crippen LogP contribution in [0.15, 0.2) is 72.9 Å². The molecule has 1 N–H and O–H groups in total. The SMILES string of the molecule is CN1C(=O)N(Cc2ccccc2)Cc2cc(C(=O)NCc3ccccc3)cnc21. The van der Waals surface area contributed by atoms with Crippen molar-refractivity contribution < 1.29 is 9.59 Å². The number of benzene rings is 2. The molecule has 0 saturated carbocycles. The lowest BCUT2D eigenvalue weighted by molar-refractivity contribution is 0.0950. The van der Waals surface area contributed by atoms with Crippen LogP contribution in [0.5, 0.6) is 0 Å². The molecule has 1 aliphatic heterocycles. The summed E-state index contributed by atoms with van der Waals surface area (Å²) >= 11 is 0. The second-order valence-electron chi connectivity index (χ2n) is 7.06. The van der Waals surface area contributed by atoms with Crippen molar-refractivity contribution in [1.82, 2.24) is 15.2 Å². The number of hydrogen-bond acceptors (Lipinski definition) is 3. The van der Waals surface area contributed by atoms with E-state index in [0.717, 1.165) is 16.7 Å². The topological polar surface area (TPSA) is 65.5 Å². The van der Waals surface area contributed by atoms with E-state index in [1.165, 1.54) is 11.1 Å². The molecule has 0 unspecified atom stereocenters. The fraction of sp³-hybridized carbons (Fsp3) is 0.174. The van der Waals surface area contributed by atoms with Gasteiger partial charge in [0.05, 0.1) is 12.1 Å². The molecule has 1 aromatic heterocycles. The zero-order valence-electron chi connectivity index (χ0n) is 16.2. The van der Waals surface area contributed by atoms with Crippen LogP contribution in [0.2, 0.25) is 0 Å². The smallest absolute Gasteiger partial charge is 0.326 e. The molecule has 0 saturated heterocycles. The van der Waals surface area contributed by atoms with Crippen LogP contribution >= 0.6 is 0 Å². The standard InChI is InChI=1S/C23H22N4O2/c1-26-21-20(16-27(23(26)29)15-18-10-6-3-7-11-18)12-19(14-24-21)22(28)25-13-17-8-4-2-5-9-17/h2-12,14H,13,15-16H2,1H3,(H,25,28). The molecule has 2 aromatic carbocycles. The van der Waals surface area contributed by atoms with E-state index in [4.69, 9.17) is 0 Å². The van der Waals surface area contributed by atoms with Crippen LogP contribution in [-0.4, -0.2) is 28.9 Å². The summed E-state index contributed by atoms with van der Waals surface area (Å²) < 4.78 is 0. The minimum Gasteiger partial charge on any atom is -0.348 e. The molecule has 0 atom stereocenters. The number of amides is 3. The highest BCUT2D eigenvalue weighted by Crippen LogP contribution is 2.27. The Labute approximate surface area is 169 Å². The first kappa shape index (κ1) is 18.7. The Hall–Kier alpha value is -3.67. The molecule has 0 fully saturated rings. The fourth-order valence-electron chi connectivity index (χ4n) is 3.43. The van der Waals surface area contributed by atoms with Crippen molar-refractivity contribution in [1.29, 1.82) is 0 Å². The van der Waals surface area contributed by atoms with Crippen LogP contribution in [-0.2, 0) is 19.6 Å². The number of nitrogens with one attached hydrogen (secondary N) is 1. The second-order valence-corrected chi connectivity index (χ2v) is 7.06. The van der Waals surface area contributed by atoms with E-state index in [2.05, 4.69) is 10.3 Å².